The SMILES string of the molecule is CCCC[C@H](C)C[C@H](O)/C=C/[C@@H]1C(SCCCCCC(=O)O)=C(OC(=O)CCC)C[C@H]1O. The first-order chi connectivity index (χ1) is 15.3. The van der Waals surface area contributed by atoms with Gasteiger partial charge in [0.15, 0.2) is 0 Å². The summed E-state index contributed by atoms with van der Waals surface area (Å²) in [6.45, 7) is 6.22. The molecule has 0 aliphatic heterocycles. The number of rotatable bonds is 17. The number of carboxylic acids is 1. The lowest BCUT2D eigenvalue weighted by molar-refractivity contribution is -0.140. The molecule has 0 aromatic heterocycles. The van der Waals surface area contributed by atoms with Crippen LogP contribution in [0.3, 0.4) is 0 Å². The molecule has 6 nitrogen and oxygen atoms in total. The maximum Gasteiger partial charge on any atom is 0.310 e. The molecule has 0 bridgehead atoms. The maximum atomic E-state index is 12.0. The summed E-state index contributed by atoms with van der Waals surface area (Å²) in [5.41, 5.74) is 0. The Morgan fingerprint density at radius 3 is 2.56 bits per heavy atom. The number of ether oxygens (including phenoxy) is 1. The van der Waals surface area contributed by atoms with Crippen molar-refractivity contribution < 1.29 is 29.6 Å². The number of hydrogen-bond acceptors (Lipinski definition) is 6. The van der Waals surface area contributed by atoms with Crippen molar-refractivity contribution in [2.75, 3.05) is 5.75 Å². The summed E-state index contributed by atoms with van der Waals surface area (Å²) in [5, 5.41) is 29.8. The van der Waals surface area contributed by atoms with Gasteiger partial charge >= 0.3 is 11.9 Å². The number of hydrogen-bond donors (Lipinski definition) is 3. The molecular weight excluding hydrogens is 428 g/mol. The highest BCUT2D eigenvalue weighted by Gasteiger charge is 2.34. The second-order valence-corrected chi connectivity index (χ2v) is 9.93. The van der Waals surface area contributed by atoms with Crippen LogP contribution in [0, 0.1) is 11.8 Å². The minimum Gasteiger partial charge on any atom is -0.481 e. The fraction of sp³-hybridized carbons (Fsp3) is 0.760. The molecule has 0 heterocycles. The molecule has 0 amide bonds. The van der Waals surface area contributed by atoms with Crippen LogP contribution in [0.4, 0.5) is 0 Å². The lowest BCUT2D eigenvalue weighted by Crippen LogP contribution is -2.15. The molecule has 0 radical (unpaired) electrons. The van der Waals surface area contributed by atoms with E-state index in [0.717, 1.165) is 42.8 Å². The standard InChI is InChI=1S/C25H42O6S/c1-4-6-11-18(3)16-19(26)13-14-20-21(27)17-22(31-24(30)10-5-2)25(20)32-15-9-7-8-12-23(28)29/h13-14,18-21,26-27H,4-12,15-17H2,1-3H3,(H,28,29)/b14-13+/t18-,19+,20-,21+/m0/s1. The lowest BCUT2D eigenvalue weighted by Gasteiger charge is -2.17. The molecule has 3 N–H and O–H groups in total. The topological polar surface area (TPSA) is 104 Å². The van der Waals surface area contributed by atoms with Gasteiger partial charge in [-0.1, -0.05) is 58.6 Å². The van der Waals surface area contributed by atoms with E-state index in [1.165, 1.54) is 0 Å². The van der Waals surface area contributed by atoms with Crippen molar-refractivity contribution in [2.45, 2.75) is 104 Å². The average Bonchev–Trinajstić information content (AvgIpc) is 3.01. The first-order valence-electron chi connectivity index (χ1n) is 12.1. The fourth-order valence-corrected chi connectivity index (χ4v) is 5.08. The number of carbonyl (C=O) groups excluding carboxylic acids is 1. The normalized spacial score (nSPS) is 20.7. The van der Waals surface area contributed by atoms with E-state index in [2.05, 4.69) is 13.8 Å². The van der Waals surface area contributed by atoms with E-state index < -0.39 is 18.2 Å². The largest absolute Gasteiger partial charge is 0.481 e. The molecule has 1 rings (SSSR count). The summed E-state index contributed by atoms with van der Waals surface area (Å²) in [4.78, 5) is 23.5. The summed E-state index contributed by atoms with van der Waals surface area (Å²) in [5.74, 6) is 0.359. The second-order valence-electron chi connectivity index (χ2n) is 8.80. The highest BCUT2D eigenvalue weighted by molar-refractivity contribution is 8.03. The zero-order valence-electron chi connectivity index (χ0n) is 19.9. The van der Waals surface area contributed by atoms with Crippen LogP contribution in [0.1, 0.15) is 91.4 Å². The van der Waals surface area contributed by atoms with E-state index in [1.807, 2.05) is 13.0 Å². The third-order valence-electron chi connectivity index (χ3n) is 5.61. The van der Waals surface area contributed by atoms with Crippen LogP contribution in [-0.4, -0.2) is 45.2 Å². The molecule has 184 valence electrons. The third-order valence-corrected chi connectivity index (χ3v) is 6.91. The highest BCUT2D eigenvalue weighted by Crippen LogP contribution is 2.41. The highest BCUT2D eigenvalue weighted by atomic mass is 32.2. The van der Waals surface area contributed by atoms with Crippen LogP contribution in [0.15, 0.2) is 22.8 Å². The molecule has 4 atom stereocenters. The average molecular weight is 471 g/mol. The van der Waals surface area contributed by atoms with E-state index >= 15 is 0 Å². The summed E-state index contributed by atoms with van der Waals surface area (Å²) >= 11 is 1.56. The quantitative estimate of drug-likeness (QED) is 0.148. The molecule has 7 heteroatoms. The van der Waals surface area contributed by atoms with Gasteiger partial charge in [-0.3, -0.25) is 9.59 Å². The second kappa shape index (κ2) is 16.3. The number of unbranched alkanes of at least 4 members (excludes halogenated alkanes) is 3. The van der Waals surface area contributed by atoms with Crippen molar-refractivity contribution in [3.8, 4) is 0 Å². The third kappa shape index (κ3) is 11.5. The zero-order valence-corrected chi connectivity index (χ0v) is 20.7. The summed E-state index contributed by atoms with van der Waals surface area (Å²) in [6, 6.07) is 0. The molecule has 0 saturated heterocycles. The number of esters is 1. The Hall–Kier alpha value is -1.31. The van der Waals surface area contributed by atoms with Crippen LogP contribution in [0.5, 0.6) is 0 Å². The number of carbonyl (C=O) groups is 2. The van der Waals surface area contributed by atoms with Gasteiger partial charge in [-0.2, -0.15) is 0 Å². The van der Waals surface area contributed by atoms with Gasteiger partial charge in [0.05, 0.1) is 12.2 Å². The first kappa shape index (κ1) is 28.7. The Morgan fingerprint density at radius 1 is 1.16 bits per heavy atom. The number of thioether (sulfide) groups is 1. The number of aliphatic hydroxyl groups is 2. The van der Waals surface area contributed by atoms with Crippen LogP contribution in [-0.2, 0) is 14.3 Å². The van der Waals surface area contributed by atoms with Gasteiger partial charge in [-0.05, 0) is 37.4 Å². The molecule has 0 fully saturated rings. The van der Waals surface area contributed by atoms with Crippen molar-refractivity contribution in [1.29, 1.82) is 0 Å². The summed E-state index contributed by atoms with van der Waals surface area (Å²) < 4.78 is 5.58. The van der Waals surface area contributed by atoms with E-state index in [1.54, 1.807) is 17.8 Å². The van der Waals surface area contributed by atoms with Crippen LogP contribution >= 0.6 is 11.8 Å². The van der Waals surface area contributed by atoms with E-state index in [4.69, 9.17) is 9.84 Å². The van der Waals surface area contributed by atoms with Gasteiger partial charge in [0, 0.05) is 30.1 Å². The van der Waals surface area contributed by atoms with Crippen LogP contribution in [0.25, 0.3) is 0 Å². The predicted octanol–water partition coefficient (Wildman–Crippen LogP) is 5.43. The van der Waals surface area contributed by atoms with Crippen molar-refractivity contribution in [2.24, 2.45) is 11.8 Å². The maximum absolute atomic E-state index is 12.0. The summed E-state index contributed by atoms with van der Waals surface area (Å²) in [6.07, 6.45) is 10.2. The van der Waals surface area contributed by atoms with Crippen molar-refractivity contribution in [3.63, 3.8) is 0 Å². The van der Waals surface area contributed by atoms with Crippen molar-refractivity contribution in [3.05, 3.63) is 22.8 Å². The van der Waals surface area contributed by atoms with E-state index in [0.29, 0.717) is 37.4 Å². The molecule has 1 aliphatic carbocycles. The van der Waals surface area contributed by atoms with Gasteiger partial charge in [0.25, 0.3) is 0 Å². The van der Waals surface area contributed by atoms with Crippen LogP contribution < -0.4 is 0 Å². The minimum absolute atomic E-state index is 0.173. The van der Waals surface area contributed by atoms with Crippen LogP contribution in [0.2, 0.25) is 0 Å². The van der Waals surface area contributed by atoms with Crippen molar-refractivity contribution >= 4 is 23.7 Å². The summed E-state index contributed by atoms with van der Waals surface area (Å²) in [7, 11) is 0. The molecule has 0 aromatic carbocycles. The van der Waals surface area contributed by atoms with Gasteiger partial charge in [0.2, 0.25) is 0 Å². The van der Waals surface area contributed by atoms with Gasteiger partial charge in [-0.25, -0.2) is 0 Å². The molecular formula is C25H42O6S. The van der Waals surface area contributed by atoms with Gasteiger partial charge in [0.1, 0.15) is 5.76 Å². The molecule has 0 aromatic rings. The molecule has 1 aliphatic rings. The molecule has 32 heavy (non-hydrogen) atoms. The number of aliphatic hydroxyl groups excluding tert-OH is 2. The van der Waals surface area contributed by atoms with Gasteiger partial charge in [-0.15, -0.1) is 11.8 Å². The number of carboxylic acid groups (broad SMARTS) is 1. The molecule has 0 saturated carbocycles. The first-order valence-corrected chi connectivity index (χ1v) is 13.1. The Kier molecular flexibility index (Phi) is 14.7. The van der Waals surface area contributed by atoms with E-state index in [-0.39, 0.29) is 24.7 Å². The Bertz CT molecular complexity index is 630. The minimum atomic E-state index is -0.780. The zero-order chi connectivity index (χ0) is 23.9. The Balaban J connectivity index is 2.77. The lowest BCUT2D eigenvalue weighted by atomic mass is 9.96. The van der Waals surface area contributed by atoms with E-state index in [9.17, 15) is 19.8 Å². The fourth-order valence-electron chi connectivity index (χ4n) is 3.80. The Labute approximate surface area is 197 Å². The number of aliphatic carboxylic acids is 1. The smallest absolute Gasteiger partial charge is 0.310 e. The predicted molar refractivity (Wildman–Crippen MR) is 129 cm³/mol. The van der Waals surface area contributed by atoms with Gasteiger partial charge < -0.3 is 20.1 Å². The monoisotopic (exact) mass is 470 g/mol. The molecule has 0 spiro atoms. The van der Waals surface area contributed by atoms with Crippen molar-refractivity contribution in [1.82, 2.24) is 0 Å². The Morgan fingerprint density at radius 2 is 1.91 bits per heavy atom. The molecule has 0 unspecified atom stereocenters.